The molecule has 0 aromatic heterocycles. The molecule has 1 amide bonds. The van der Waals surface area contributed by atoms with Crippen LogP contribution in [0, 0.1) is 0 Å². The highest BCUT2D eigenvalue weighted by Gasteiger charge is 2.18. The number of amides is 1. The van der Waals surface area contributed by atoms with Gasteiger partial charge in [-0.1, -0.05) is 0 Å². The number of hydrogen-bond acceptors (Lipinski definition) is 6. The van der Waals surface area contributed by atoms with Gasteiger partial charge in [0.2, 0.25) is 5.91 Å². The molecule has 2 N–H and O–H groups in total. The van der Waals surface area contributed by atoms with Crippen LogP contribution < -0.4 is 15.5 Å². The third-order valence-electron chi connectivity index (χ3n) is 3.31. The van der Waals surface area contributed by atoms with E-state index in [2.05, 4.69) is 15.5 Å². The summed E-state index contributed by atoms with van der Waals surface area (Å²) in [5, 5.41) is 5.65. The van der Waals surface area contributed by atoms with Crippen LogP contribution in [0.5, 0.6) is 0 Å². The second-order valence-electron chi connectivity index (χ2n) is 4.96. The molecular weight excluding hydrogens is 318 g/mol. The first-order valence-corrected chi connectivity index (χ1v) is 7.55. The van der Waals surface area contributed by atoms with Gasteiger partial charge in [0, 0.05) is 20.0 Å². The molecule has 0 spiro atoms. The minimum atomic E-state index is -0.438. The molecule has 0 bridgehead atoms. The van der Waals surface area contributed by atoms with Crippen molar-refractivity contribution in [2.24, 2.45) is 0 Å². The smallest absolute Gasteiger partial charge is 0.337 e. The van der Waals surface area contributed by atoms with Crippen molar-refractivity contribution in [3.05, 3.63) is 23.8 Å². The highest BCUT2D eigenvalue weighted by molar-refractivity contribution is 7.80. The van der Waals surface area contributed by atoms with Crippen LogP contribution in [0.1, 0.15) is 17.3 Å². The van der Waals surface area contributed by atoms with Crippen LogP contribution >= 0.6 is 12.2 Å². The third-order valence-corrected chi connectivity index (χ3v) is 3.51. The molecule has 1 aliphatic rings. The maximum absolute atomic E-state index is 11.7. The van der Waals surface area contributed by atoms with Gasteiger partial charge in [-0.05, 0) is 30.4 Å². The van der Waals surface area contributed by atoms with Crippen LogP contribution in [0.15, 0.2) is 18.2 Å². The fourth-order valence-corrected chi connectivity index (χ4v) is 2.53. The second-order valence-corrected chi connectivity index (χ2v) is 5.37. The summed E-state index contributed by atoms with van der Waals surface area (Å²) >= 11 is 5.11. The quantitative estimate of drug-likeness (QED) is 0.632. The molecule has 1 aromatic carbocycles. The van der Waals surface area contributed by atoms with E-state index in [0.717, 1.165) is 18.8 Å². The Kier molecular flexibility index (Phi) is 5.89. The molecule has 1 heterocycles. The van der Waals surface area contributed by atoms with Gasteiger partial charge in [-0.2, -0.15) is 0 Å². The standard InChI is InChI=1S/C15H19N3O4S/c1-10(19)16-15(23)17-12-9-11(14(20)21-2)3-4-13(12)18-5-7-22-8-6-18/h3-4,9H,5-8H2,1-2H3,(H2,16,17,19,23). The van der Waals surface area contributed by atoms with Crippen molar-refractivity contribution in [3.63, 3.8) is 0 Å². The van der Waals surface area contributed by atoms with Gasteiger partial charge in [-0.3, -0.25) is 4.79 Å². The van der Waals surface area contributed by atoms with E-state index in [0.29, 0.717) is 24.5 Å². The number of methoxy groups -OCH3 is 1. The SMILES string of the molecule is COC(=O)c1ccc(N2CCOCC2)c(NC(=S)NC(C)=O)c1. The van der Waals surface area contributed by atoms with Gasteiger partial charge < -0.3 is 25.0 Å². The molecule has 124 valence electrons. The molecule has 8 heteroatoms. The molecule has 0 radical (unpaired) electrons. The van der Waals surface area contributed by atoms with Crippen molar-refractivity contribution in [1.82, 2.24) is 5.32 Å². The fourth-order valence-electron chi connectivity index (χ4n) is 2.27. The van der Waals surface area contributed by atoms with Gasteiger partial charge in [0.25, 0.3) is 0 Å². The first kappa shape index (κ1) is 17.2. The topological polar surface area (TPSA) is 79.9 Å². The molecule has 2 rings (SSSR count). The molecule has 0 saturated carbocycles. The predicted octanol–water partition coefficient (Wildman–Crippen LogP) is 1.14. The van der Waals surface area contributed by atoms with Crippen molar-refractivity contribution in [1.29, 1.82) is 0 Å². The summed E-state index contributed by atoms with van der Waals surface area (Å²) in [6.45, 7) is 4.11. The average Bonchev–Trinajstić information content (AvgIpc) is 2.54. The van der Waals surface area contributed by atoms with Crippen LogP contribution in [0.2, 0.25) is 0 Å². The molecule has 0 atom stereocenters. The summed E-state index contributed by atoms with van der Waals surface area (Å²) in [6, 6.07) is 5.18. The number of carbonyl (C=O) groups is 2. The Morgan fingerprint density at radius 3 is 2.61 bits per heavy atom. The highest BCUT2D eigenvalue weighted by Crippen LogP contribution is 2.28. The van der Waals surface area contributed by atoms with Crippen LogP contribution in [-0.4, -0.2) is 50.4 Å². The van der Waals surface area contributed by atoms with Crippen molar-refractivity contribution in [2.45, 2.75) is 6.92 Å². The second kappa shape index (κ2) is 7.89. The molecule has 23 heavy (non-hydrogen) atoms. The normalized spacial score (nSPS) is 14.1. The number of benzene rings is 1. The first-order chi connectivity index (χ1) is 11.0. The predicted molar refractivity (Wildman–Crippen MR) is 90.9 cm³/mol. The Labute approximate surface area is 139 Å². The van der Waals surface area contributed by atoms with Crippen molar-refractivity contribution in [2.75, 3.05) is 43.6 Å². The number of rotatable bonds is 3. The Balaban J connectivity index is 2.30. The average molecular weight is 337 g/mol. The van der Waals surface area contributed by atoms with Crippen LogP contribution in [-0.2, 0) is 14.3 Å². The number of morpholine rings is 1. The lowest BCUT2D eigenvalue weighted by molar-refractivity contribution is -0.117. The highest BCUT2D eigenvalue weighted by atomic mass is 32.1. The number of ether oxygens (including phenoxy) is 2. The van der Waals surface area contributed by atoms with Crippen LogP contribution in [0.4, 0.5) is 11.4 Å². The largest absolute Gasteiger partial charge is 0.465 e. The van der Waals surface area contributed by atoms with Gasteiger partial charge in [-0.15, -0.1) is 0 Å². The van der Waals surface area contributed by atoms with E-state index < -0.39 is 5.97 Å². The zero-order chi connectivity index (χ0) is 16.8. The molecule has 0 unspecified atom stereocenters. The maximum atomic E-state index is 11.7. The molecule has 0 aliphatic carbocycles. The zero-order valence-corrected chi connectivity index (χ0v) is 13.9. The van der Waals surface area contributed by atoms with E-state index in [4.69, 9.17) is 21.7 Å². The van der Waals surface area contributed by atoms with E-state index in [1.807, 2.05) is 6.07 Å². The molecule has 1 aliphatic heterocycles. The number of carbonyl (C=O) groups excluding carboxylic acids is 2. The van der Waals surface area contributed by atoms with Crippen molar-refractivity contribution >= 4 is 40.6 Å². The van der Waals surface area contributed by atoms with E-state index >= 15 is 0 Å². The van der Waals surface area contributed by atoms with Gasteiger partial charge in [0.15, 0.2) is 5.11 Å². The van der Waals surface area contributed by atoms with Crippen LogP contribution in [0.3, 0.4) is 0 Å². The summed E-state index contributed by atoms with van der Waals surface area (Å²) < 4.78 is 10.1. The lowest BCUT2D eigenvalue weighted by Crippen LogP contribution is -2.37. The van der Waals surface area contributed by atoms with E-state index in [1.54, 1.807) is 12.1 Å². The van der Waals surface area contributed by atoms with Crippen molar-refractivity contribution < 1.29 is 19.1 Å². The number of nitrogens with zero attached hydrogens (tertiary/aromatic N) is 1. The summed E-state index contributed by atoms with van der Waals surface area (Å²) in [7, 11) is 1.33. The maximum Gasteiger partial charge on any atom is 0.337 e. The van der Waals surface area contributed by atoms with Gasteiger partial charge in [0.05, 0.1) is 37.3 Å². The molecular formula is C15H19N3O4S. The summed E-state index contributed by atoms with van der Waals surface area (Å²) in [5.74, 6) is -0.702. The monoisotopic (exact) mass is 337 g/mol. The van der Waals surface area contributed by atoms with Crippen LogP contribution in [0.25, 0.3) is 0 Å². The third kappa shape index (κ3) is 4.64. The summed E-state index contributed by atoms with van der Waals surface area (Å²) in [6.07, 6.45) is 0. The van der Waals surface area contributed by atoms with E-state index in [9.17, 15) is 9.59 Å². The van der Waals surface area contributed by atoms with Gasteiger partial charge in [-0.25, -0.2) is 4.79 Å². The molecule has 7 nitrogen and oxygen atoms in total. The molecule has 1 saturated heterocycles. The molecule has 1 aromatic rings. The number of thiocarbonyl (C=S) groups is 1. The number of hydrogen-bond donors (Lipinski definition) is 2. The molecule has 1 fully saturated rings. The summed E-state index contributed by atoms with van der Waals surface area (Å²) in [5.41, 5.74) is 1.92. The zero-order valence-electron chi connectivity index (χ0n) is 13.0. The summed E-state index contributed by atoms with van der Waals surface area (Å²) in [4.78, 5) is 25.0. The minimum Gasteiger partial charge on any atom is -0.465 e. The first-order valence-electron chi connectivity index (χ1n) is 7.15. The Morgan fingerprint density at radius 2 is 2.00 bits per heavy atom. The number of esters is 1. The van der Waals surface area contributed by atoms with Gasteiger partial charge >= 0.3 is 5.97 Å². The Hall–Kier alpha value is -2.19. The lowest BCUT2D eigenvalue weighted by atomic mass is 10.1. The fraction of sp³-hybridized carbons (Fsp3) is 0.400. The lowest BCUT2D eigenvalue weighted by Gasteiger charge is -2.31. The Bertz CT molecular complexity index is 615. The number of anilines is 2. The van der Waals surface area contributed by atoms with E-state index in [1.165, 1.54) is 14.0 Å². The van der Waals surface area contributed by atoms with Crippen molar-refractivity contribution in [3.8, 4) is 0 Å². The Morgan fingerprint density at radius 1 is 1.30 bits per heavy atom. The van der Waals surface area contributed by atoms with Gasteiger partial charge in [0.1, 0.15) is 0 Å². The van der Waals surface area contributed by atoms with E-state index in [-0.39, 0.29) is 11.0 Å². The number of nitrogens with one attached hydrogen (secondary N) is 2. The minimum absolute atomic E-state index is 0.175.